The average Bonchev–Trinajstić information content (AvgIpc) is 2.33. The largest absolute Gasteiger partial charge is 0.449 e. The summed E-state index contributed by atoms with van der Waals surface area (Å²) < 4.78 is 10.0. The van der Waals surface area contributed by atoms with Gasteiger partial charge in [0.1, 0.15) is 6.54 Å². The zero-order valence-electron chi connectivity index (χ0n) is 9.18. The number of amides is 2. The molecule has 2 rings (SSSR count). The topological polar surface area (TPSA) is 59.1 Å². The zero-order chi connectivity index (χ0) is 11.4. The van der Waals surface area contributed by atoms with Gasteiger partial charge in [-0.05, 0) is 6.42 Å². The van der Waals surface area contributed by atoms with Crippen molar-refractivity contribution in [2.24, 2.45) is 0 Å². The molecule has 0 N–H and O–H groups in total. The Morgan fingerprint density at radius 1 is 1.19 bits per heavy atom. The van der Waals surface area contributed by atoms with E-state index in [1.54, 1.807) is 4.90 Å². The second-order valence-electron chi connectivity index (χ2n) is 3.88. The van der Waals surface area contributed by atoms with Crippen LogP contribution in [0, 0.1) is 0 Å². The number of cyclic esters (lactones) is 1. The normalized spacial score (nSPS) is 21.9. The van der Waals surface area contributed by atoms with Crippen molar-refractivity contribution < 1.29 is 19.1 Å². The summed E-state index contributed by atoms with van der Waals surface area (Å²) in [6, 6.07) is 0. The van der Waals surface area contributed by atoms with Crippen LogP contribution in [0.2, 0.25) is 0 Å². The minimum atomic E-state index is -0.382. The molecule has 2 aliphatic rings. The zero-order valence-corrected chi connectivity index (χ0v) is 9.18. The van der Waals surface area contributed by atoms with Crippen LogP contribution in [0.5, 0.6) is 0 Å². The molecule has 6 nitrogen and oxygen atoms in total. The van der Waals surface area contributed by atoms with Crippen LogP contribution in [0.4, 0.5) is 4.79 Å². The summed E-state index contributed by atoms with van der Waals surface area (Å²) in [7, 11) is 0. The first-order valence-corrected chi connectivity index (χ1v) is 5.54. The number of rotatable bonds is 2. The molecule has 2 amide bonds. The van der Waals surface area contributed by atoms with Crippen molar-refractivity contribution in [3.8, 4) is 0 Å². The Kier molecular flexibility index (Phi) is 3.61. The lowest BCUT2D eigenvalue weighted by molar-refractivity contribution is -0.136. The molecule has 0 unspecified atom stereocenters. The maximum atomic E-state index is 11.8. The molecule has 0 aliphatic carbocycles. The smallest absolute Gasteiger partial charge is 0.410 e. The summed E-state index contributed by atoms with van der Waals surface area (Å²) in [5.41, 5.74) is 0. The van der Waals surface area contributed by atoms with Gasteiger partial charge >= 0.3 is 6.09 Å². The lowest BCUT2D eigenvalue weighted by Crippen LogP contribution is -2.48. The number of carbonyl (C=O) groups is 2. The fourth-order valence-electron chi connectivity index (χ4n) is 1.82. The molecule has 6 heteroatoms. The van der Waals surface area contributed by atoms with Gasteiger partial charge < -0.3 is 14.4 Å². The highest BCUT2D eigenvalue weighted by molar-refractivity contribution is 5.82. The monoisotopic (exact) mass is 228 g/mol. The minimum absolute atomic E-state index is 0.0258. The summed E-state index contributed by atoms with van der Waals surface area (Å²) in [4.78, 5) is 26.3. The van der Waals surface area contributed by atoms with Gasteiger partial charge in [0.05, 0.1) is 19.8 Å². The van der Waals surface area contributed by atoms with Crippen molar-refractivity contribution in [2.45, 2.75) is 6.42 Å². The summed E-state index contributed by atoms with van der Waals surface area (Å²) in [6.45, 7) is 3.57. The maximum absolute atomic E-state index is 11.8. The van der Waals surface area contributed by atoms with Gasteiger partial charge in [0.2, 0.25) is 5.91 Å². The number of nitrogens with zero attached hydrogens (tertiary/aromatic N) is 2. The Balaban J connectivity index is 1.83. The van der Waals surface area contributed by atoms with E-state index in [-0.39, 0.29) is 18.5 Å². The Morgan fingerprint density at radius 3 is 2.62 bits per heavy atom. The molecule has 2 saturated heterocycles. The van der Waals surface area contributed by atoms with E-state index >= 15 is 0 Å². The molecule has 0 atom stereocenters. The SMILES string of the molecule is O=C(CN1CCCOC1=O)N1CCOCC1. The molecule has 0 spiro atoms. The van der Waals surface area contributed by atoms with Crippen LogP contribution < -0.4 is 0 Å². The van der Waals surface area contributed by atoms with E-state index in [1.807, 2.05) is 0 Å². The number of ether oxygens (including phenoxy) is 2. The molecule has 0 aromatic rings. The highest BCUT2D eigenvalue weighted by Gasteiger charge is 2.25. The van der Waals surface area contributed by atoms with Crippen LogP contribution in [0.15, 0.2) is 0 Å². The minimum Gasteiger partial charge on any atom is -0.449 e. The molecule has 0 bridgehead atoms. The standard InChI is InChI=1S/C10H16N2O4/c13-9(11-3-6-15-7-4-11)8-12-2-1-5-16-10(12)14/h1-8H2. The third kappa shape index (κ3) is 2.63. The van der Waals surface area contributed by atoms with Gasteiger partial charge in [0.15, 0.2) is 0 Å². The van der Waals surface area contributed by atoms with E-state index in [4.69, 9.17) is 9.47 Å². The van der Waals surface area contributed by atoms with Crippen LogP contribution in [0.3, 0.4) is 0 Å². The fourth-order valence-corrected chi connectivity index (χ4v) is 1.82. The Bertz CT molecular complexity index is 276. The maximum Gasteiger partial charge on any atom is 0.410 e. The number of carbonyl (C=O) groups excluding carboxylic acids is 2. The third-order valence-electron chi connectivity index (χ3n) is 2.75. The van der Waals surface area contributed by atoms with E-state index in [9.17, 15) is 9.59 Å². The molecule has 2 aliphatic heterocycles. The molecule has 0 radical (unpaired) electrons. The van der Waals surface area contributed by atoms with Crippen LogP contribution in [-0.2, 0) is 14.3 Å². The van der Waals surface area contributed by atoms with Gasteiger partial charge in [-0.1, -0.05) is 0 Å². The second kappa shape index (κ2) is 5.16. The number of hydrogen-bond acceptors (Lipinski definition) is 4. The van der Waals surface area contributed by atoms with Crippen molar-refractivity contribution in [2.75, 3.05) is 46.0 Å². The highest BCUT2D eigenvalue weighted by atomic mass is 16.6. The molecule has 16 heavy (non-hydrogen) atoms. The van der Waals surface area contributed by atoms with E-state index in [0.29, 0.717) is 39.5 Å². The lowest BCUT2D eigenvalue weighted by Gasteiger charge is -2.31. The average molecular weight is 228 g/mol. The summed E-state index contributed by atoms with van der Waals surface area (Å²) >= 11 is 0. The fraction of sp³-hybridized carbons (Fsp3) is 0.800. The second-order valence-corrected chi connectivity index (χ2v) is 3.88. The Hall–Kier alpha value is -1.30. The first-order valence-electron chi connectivity index (χ1n) is 5.54. The summed E-state index contributed by atoms with van der Waals surface area (Å²) in [5.74, 6) is -0.0258. The molecule has 0 aromatic carbocycles. The van der Waals surface area contributed by atoms with Gasteiger partial charge in [0, 0.05) is 19.6 Å². The molecular weight excluding hydrogens is 212 g/mol. The third-order valence-corrected chi connectivity index (χ3v) is 2.75. The number of morpholine rings is 1. The number of hydrogen-bond donors (Lipinski definition) is 0. The van der Waals surface area contributed by atoms with Crippen molar-refractivity contribution in [1.29, 1.82) is 0 Å². The molecule has 0 aromatic heterocycles. The van der Waals surface area contributed by atoms with E-state index in [1.165, 1.54) is 4.90 Å². The predicted octanol–water partition coefficient (Wildman–Crippen LogP) is -0.312. The highest BCUT2D eigenvalue weighted by Crippen LogP contribution is 2.06. The van der Waals surface area contributed by atoms with Gasteiger partial charge in [0.25, 0.3) is 0 Å². The molecule has 2 heterocycles. The molecule has 90 valence electrons. The van der Waals surface area contributed by atoms with Gasteiger partial charge in [-0.2, -0.15) is 0 Å². The summed E-state index contributed by atoms with van der Waals surface area (Å²) in [5, 5.41) is 0. The van der Waals surface area contributed by atoms with Crippen molar-refractivity contribution in [3.05, 3.63) is 0 Å². The van der Waals surface area contributed by atoms with Gasteiger partial charge in [-0.25, -0.2) is 4.79 Å². The van der Waals surface area contributed by atoms with Crippen LogP contribution in [0.1, 0.15) is 6.42 Å². The van der Waals surface area contributed by atoms with Crippen LogP contribution in [-0.4, -0.2) is 67.8 Å². The van der Waals surface area contributed by atoms with E-state index < -0.39 is 0 Å². The van der Waals surface area contributed by atoms with E-state index in [0.717, 1.165) is 6.42 Å². The van der Waals surface area contributed by atoms with E-state index in [2.05, 4.69) is 0 Å². The molecule has 0 saturated carbocycles. The Morgan fingerprint density at radius 2 is 1.94 bits per heavy atom. The first kappa shape index (κ1) is 11.2. The van der Waals surface area contributed by atoms with Gasteiger partial charge in [-0.15, -0.1) is 0 Å². The predicted molar refractivity (Wildman–Crippen MR) is 54.9 cm³/mol. The van der Waals surface area contributed by atoms with Crippen LogP contribution >= 0.6 is 0 Å². The first-order chi connectivity index (χ1) is 7.77. The van der Waals surface area contributed by atoms with Crippen molar-refractivity contribution >= 4 is 12.0 Å². The Labute approximate surface area is 94.1 Å². The van der Waals surface area contributed by atoms with Gasteiger partial charge in [-0.3, -0.25) is 9.69 Å². The quantitative estimate of drug-likeness (QED) is 0.650. The molecule has 2 fully saturated rings. The van der Waals surface area contributed by atoms with Crippen LogP contribution in [0.25, 0.3) is 0 Å². The van der Waals surface area contributed by atoms with Crippen molar-refractivity contribution in [1.82, 2.24) is 9.80 Å². The summed E-state index contributed by atoms with van der Waals surface area (Å²) in [6.07, 6.45) is 0.412. The van der Waals surface area contributed by atoms with Crippen molar-refractivity contribution in [3.63, 3.8) is 0 Å². The molecular formula is C10H16N2O4. The lowest BCUT2D eigenvalue weighted by atomic mass is 10.3.